The number of pyridine rings is 1. The molecule has 1 aromatic heterocycles. The van der Waals surface area contributed by atoms with Gasteiger partial charge in [0.1, 0.15) is 0 Å². The van der Waals surface area contributed by atoms with E-state index in [0.29, 0.717) is 0 Å². The van der Waals surface area contributed by atoms with Gasteiger partial charge in [0, 0.05) is 16.6 Å². The monoisotopic (exact) mass is 268 g/mol. The van der Waals surface area contributed by atoms with E-state index < -0.39 is 0 Å². The maximum atomic E-state index is 4.61. The van der Waals surface area contributed by atoms with Crippen LogP contribution in [0.5, 0.6) is 0 Å². The number of rotatable bonds is 2. The summed E-state index contributed by atoms with van der Waals surface area (Å²) in [5, 5.41) is 5.07. The first-order valence-electron chi connectivity index (χ1n) is 7.86. The summed E-state index contributed by atoms with van der Waals surface area (Å²) in [6.45, 7) is 5.49. The van der Waals surface area contributed by atoms with E-state index in [-0.39, 0.29) is 5.54 Å². The molecule has 0 amide bonds. The molecule has 1 N–H and O–H groups in total. The minimum atomic E-state index is 0.162. The molecule has 0 bridgehead atoms. The third-order valence-electron chi connectivity index (χ3n) is 4.73. The molecule has 0 spiro atoms. The van der Waals surface area contributed by atoms with Crippen LogP contribution in [0, 0.1) is 6.92 Å². The smallest absolute Gasteiger partial charge is 0.0705 e. The highest BCUT2D eigenvalue weighted by Crippen LogP contribution is 2.34. The van der Waals surface area contributed by atoms with Crippen molar-refractivity contribution in [2.75, 3.05) is 6.54 Å². The first-order chi connectivity index (χ1) is 9.73. The first-order valence-corrected chi connectivity index (χ1v) is 7.86. The van der Waals surface area contributed by atoms with Gasteiger partial charge >= 0.3 is 0 Å². The van der Waals surface area contributed by atoms with Gasteiger partial charge in [-0.25, -0.2) is 0 Å². The predicted octanol–water partition coefficient (Wildman–Crippen LogP) is 4.31. The van der Waals surface area contributed by atoms with E-state index in [1.807, 2.05) is 6.92 Å². The molecule has 1 unspecified atom stereocenters. The molecule has 0 aliphatic carbocycles. The quantitative estimate of drug-likeness (QED) is 0.877. The van der Waals surface area contributed by atoms with E-state index in [0.717, 1.165) is 24.2 Å². The van der Waals surface area contributed by atoms with Crippen LogP contribution in [0.3, 0.4) is 0 Å². The molecule has 1 aliphatic rings. The van der Waals surface area contributed by atoms with E-state index in [1.165, 1.54) is 36.6 Å². The van der Waals surface area contributed by atoms with E-state index in [2.05, 4.69) is 47.6 Å². The third kappa shape index (κ3) is 2.45. The summed E-state index contributed by atoms with van der Waals surface area (Å²) in [6, 6.07) is 11.1. The van der Waals surface area contributed by atoms with Crippen LogP contribution in [0.15, 0.2) is 30.3 Å². The van der Waals surface area contributed by atoms with Crippen molar-refractivity contribution in [2.24, 2.45) is 0 Å². The molecule has 0 saturated carbocycles. The van der Waals surface area contributed by atoms with Crippen molar-refractivity contribution < 1.29 is 0 Å². The SMILES string of the molecule is CCC1(c2ccc3nc(C)ccc3c2)CCCCCN1. The molecule has 0 radical (unpaired) electrons. The Morgan fingerprint density at radius 3 is 2.90 bits per heavy atom. The summed E-state index contributed by atoms with van der Waals surface area (Å²) in [7, 11) is 0. The summed E-state index contributed by atoms with van der Waals surface area (Å²) < 4.78 is 0. The van der Waals surface area contributed by atoms with Crippen molar-refractivity contribution >= 4 is 10.9 Å². The fourth-order valence-corrected chi connectivity index (χ4v) is 3.42. The van der Waals surface area contributed by atoms with Crippen LogP contribution in [-0.4, -0.2) is 11.5 Å². The molecule has 2 heteroatoms. The topological polar surface area (TPSA) is 24.9 Å². The van der Waals surface area contributed by atoms with Crippen molar-refractivity contribution in [1.82, 2.24) is 10.3 Å². The fraction of sp³-hybridized carbons (Fsp3) is 0.500. The summed E-state index contributed by atoms with van der Waals surface area (Å²) in [5.74, 6) is 0. The molecular formula is C18H24N2. The molecule has 1 saturated heterocycles. The normalized spacial score (nSPS) is 23.7. The Kier molecular flexibility index (Phi) is 3.75. The zero-order valence-corrected chi connectivity index (χ0v) is 12.6. The largest absolute Gasteiger partial charge is 0.307 e. The Morgan fingerprint density at radius 2 is 2.05 bits per heavy atom. The lowest BCUT2D eigenvalue weighted by Gasteiger charge is -2.33. The van der Waals surface area contributed by atoms with Crippen LogP contribution in [0.1, 0.15) is 50.3 Å². The average molecular weight is 268 g/mol. The lowest BCUT2D eigenvalue weighted by atomic mass is 9.82. The average Bonchev–Trinajstić information content (AvgIpc) is 2.73. The zero-order chi connectivity index (χ0) is 14.0. The molecule has 1 atom stereocenters. The summed E-state index contributed by atoms with van der Waals surface area (Å²) >= 11 is 0. The number of hydrogen-bond donors (Lipinski definition) is 1. The Balaban J connectivity index is 2.04. The van der Waals surface area contributed by atoms with Crippen molar-refractivity contribution in [3.8, 4) is 0 Å². The Hall–Kier alpha value is -1.41. The lowest BCUT2D eigenvalue weighted by Crippen LogP contribution is -2.41. The molecule has 2 nitrogen and oxygen atoms in total. The molecule has 2 heterocycles. The van der Waals surface area contributed by atoms with Gasteiger partial charge in [-0.15, -0.1) is 0 Å². The number of benzene rings is 1. The van der Waals surface area contributed by atoms with E-state index in [4.69, 9.17) is 0 Å². The summed E-state index contributed by atoms with van der Waals surface area (Å²) in [5.41, 5.74) is 3.78. The Labute approximate surface area is 121 Å². The standard InChI is InChI=1S/C18H24N2/c1-3-18(11-5-4-6-12-19-18)16-9-10-17-15(13-16)8-7-14(2)20-17/h7-10,13,19H,3-6,11-12H2,1-2H3. The van der Waals surface area contributed by atoms with Crippen LogP contribution < -0.4 is 5.32 Å². The summed E-state index contributed by atoms with van der Waals surface area (Å²) in [6.07, 6.45) is 6.37. The number of aryl methyl sites for hydroxylation is 1. The highest BCUT2D eigenvalue weighted by atomic mass is 15.0. The Bertz CT molecular complexity index is 595. The van der Waals surface area contributed by atoms with Gasteiger partial charge in [0.05, 0.1) is 5.52 Å². The molecule has 1 aromatic carbocycles. The zero-order valence-electron chi connectivity index (χ0n) is 12.6. The molecule has 1 fully saturated rings. The molecule has 3 rings (SSSR count). The van der Waals surface area contributed by atoms with Gasteiger partial charge in [-0.2, -0.15) is 0 Å². The van der Waals surface area contributed by atoms with E-state index in [1.54, 1.807) is 0 Å². The Morgan fingerprint density at radius 1 is 1.15 bits per heavy atom. The number of aromatic nitrogens is 1. The first kappa shape index (κ1) is 13.6. The van der Waals surface area contributed by atoms with Crippen LogP contribution in [-0.2, 0) is 5.54 Å². The number of nitrogens with one attached hydrogen (secondary N) is 1. The lowest BCUT2D eigenvalue weighted by molar-refractivity contribution is 0.313. The molecule has 1 aliphatic heterocycles. The predicted molar refractivity (Wildman–Crippen MR) is 84.9 cm³/mol. The van der Waals surface area contributed by atoms with Crippen LogP contribution >= 0.6 is 0 Å². The third-order valence-corrected chi connectivity index (χ3v) is 4.73. The number of nitrogens with zero attached hydrogens (tertiary/aromatic N) is 1. The van der Waals surface area contributed by atoms with Crippen LogP contribution in [0.25, 0.3) is 10.9 Å². The van der Waals surface area contributed by atoms with Gasteiger partial charge < -0.3 is 5.32 Å². The van der Waals surface area contributed by atoms with Crippen molar-refractivity contribution in [3.05, 3.63) is 41.6 Å². The van der Waals surface area contributed by atoms with E-state index >= 15 is 0 Å². The minimum Gasteiger partial charge on any atom is -0.307 e. The second-order valence-corrected chi connectivity index (χ2v) is 6.03. The van der Waals surface area contributed by atoms with Gasteiger partial charge in [0.25, 0.3) is 0 Å². The second-order valence-electron chi connectivity index (χ2n) is 6.03. The number of hydrogen-bond acceptors (Lipinski definition) is 2. The van der Waals surface area contributed by atoms with Crippen LogP contribution in [0.4, 0.5) is 0 Å². The van der Waals surface area contributed by atoms with Crippen molar-refractivity contribution in [3.63, 3.8) is 0 Å². The van der Waals surface area contributed by atoms with Crippen molar-refractivity contribution in [1.29, 1.82) is 0 Å². The van der Waals surface area contributed by atoms with Gasteiger partial charge in [-0.1, -0.05) is 31.9 Å². The summed E-state index contributed by atoms with van der Waals surface area (Å²) in [4.78, 5) is 4.61. The second kappa shape index (κ2) is 5.53. The fourth-order valence-electron chi connectivity index (χ4n) is 3.42. The highest BCUT2D eigenvalue weighted by Gasteiger charge is 2.30. The molecular weight excluding hydrogens is 244 g/mol. The molecule has 2 aromatic rings. The van der Waals surface area contributed by atoms with E-state index in [9.17, 15) is 0 Å². The maximum Gasteiger partial charge on any atom is 0.0705 e. The minimum absolute atomic E-state index is 0.162. The van der Waals surface area contributed by atoms with Gasteiger partial charge in [-0.05, 0) is 56.5 Å². The maximum absolute atomic E-state index is 4.61. The van der Waals surface area contributed by atoms with Crippen molar-refractivity contribution in [2.45, 2.75) is 51.5 Å². The van der Waals surface area contributed by atoms with Gasteiger partial charge in [0.2, 0.25) is 0 Å². The number of fused-ring (bicyclic) bond motifs is 1. The molecule has 20 heavy (non-hydrogen) atoms. The van der Waals surface area contributed by atoms with Gasteiger partial charge in [0.15, 0.2) is 0 Å². The molecule has 106 valence electrons. The highest BCUT2D eigenvalue weighted by molar-refractivity contribution is 5.79. The van der Waals surface area contributed by atoms with Gasteiger partial charge in [-0.3, -0.25) is 4.98 Å². The van der Waals surface area contributed by atoms with Crippen LogP contribution in [0.2, 0.25) is 0 Å².